The zero-order valence-electron chi connectivity index (χ0n) is 12.8. The van der Waals surface area contributed by atoms with E-state index in [0.717, 1.165) is 19.3 Å². The second-order valence-electron chi connectivity index (χ2n) is 6.51. The number of unbranched alkanes of at least 4 members (excludes halogenated alkanes) is 3. The minimum atomic E-state index is -0.344. The molecular weight excluding hydrogens is 246 g/mol. The molecule has 1 aromatic rings. The van der Waals surface area contributed by atoms with Crippen LogP contribution in [0.4, 0.5) is 0 Å². The van der Waals surface area contributed by atoms with Crippen molar-refractivity contribution in [3.05, 3.63) is 35.4 Å². The lowest BCUT2D eigenvalue weighted by Crippen LogP contribution is -2.40. The SMILES string of the molecule is CCCCCCc1ccc([C@@H]2CC[C@@](N)(CO)C2)cc1. The van der Waals surface area contributed by atoms with Crippen LogP contribution < -0.4 is 5.73 Å². The minimum absolute atomic E-state index is 0.110. The van der Waals surface area contributed by atoms with Crippen LogP contribution in [0, 0.1) is 0 Å². The fraction of sp³-hybridized carbons (Fsp3) is 0.667. The van der Waals surface area contributed by atoms with Gasteiger partial charge in [0.25, 0.3) is 0 Å². The monoisotopic (exact) mass is 275 g/mol. The van der Waals surface area contributed by atoms with Crippen molar-refractivity contribution in [2.75, 3.05) is 6.61 Å². The van der Waals surface area contributed by atoms with Gasteiger partial charge < -0.3 is 10.8 Å². The molecule has 0 unspecified atom stereocenters. The number of hydrogen-bond donors (Lipinski definition) is 2. The zero-order valence-corrected chi connectivity index (χ0v) is 12.8. The maximum absolute atomic E-state index is 9.35. The lowest BCUT2D eigenvalue weighted by molar-refractivity contribution is 0.198. The highest BCUT2D eigenvalue weighted by Gasteiger charge is 2.35. The molecule has 2 nitrogen and oxygen atoms in total. The average molecular weight is 275 g/mol. The Kier molecular flexibility index (Phi) is 5.62. The fourth-order valence-electron chi connectivity index (χ4n) is 3.30. The van der Waals surface area contributed by atoms with E-state index < -0.39 is 0 Å². The zero-order chi connectivity index (χ0) is 14.4. The first-order chi connectivity index (χ1) is 9.67. The Labute approximate surface area is 123 Å². The molecule has 112 valence electrons. The molecule has 0 heterocycles. The van der Waals surface area contributed by atoms with Gasteiger partial charge in [0, 0.05) is 5.54 Å². The predicted octanol–water partition coefficient (Wildman–Crippen LogP) is 3.77. The van der Waals surface area contributed by atoms with Crippen molar-refractivity contribution in [2.24, 2.45) is 5.73 Å². The van der Waals surface area contributed by atoms with E-state index in [4.69, 9.17) is 5.73 Å². The van der Waals surface area contributed by atoms with Crippen LogP contribution in [0.15, 0.2) is 24.3 Å². The van der Waals surface area contributed by atoms with Crippen molar-refractivity contribution in [2.45, 2.75) is 69.7 Å². The Balaban J connectivity index is 1.86. The molecule has 1 aromatic carbocycles. The summed E-state index contributed by atoms with van der Waals surface area (Å²) in [7, 11) is 0. The number of rotatable bonds is 7. The Morgan fingerprint density at radius 1 is 1.20 bits per heavy atom. The summed E-state index contributed by atoms with van der Waals surface area (Å²) >= 11 is 0. The van der Waals surface area contributed by atoms with Gasteiger partial charge in [-0.3, -0.25) is 0 Å². The third-order valence-electron chi connectivity index (χ3n) is 4.73. The van der Waals surface area contributed by atoms with Crippen molar-refractivity contribution in [1.29, 1.82) is 0 Å². The van der Waals surface area contributed by atoms with Gasteiger partial charge in [-0.15, -0.1) is 0 Å². The molecule has 1 fully saturated rings. The van der Waals surface area contributed by atoms with Gasteiger partial charge >= 0.3 is 0 Å². The molecule has 3 N–H and O–H groups in total. The summed E-state index contributed by atoms with van der Waals surface area (Å²) in [6.45, 7) is 2.36. The molecule has 0 aliphatic heterocycles. The largest absolute Gasteiger partial charge is 0.394 e. The Hall–Kier alpha value is -0.860. The minimum Gasteiger partial charge on any atom is -0.394 e. The normalized spacial score (nSPS) is 26.1. The van der Waals surface area contributed by atoms with E-state index >= 15 is 0 Å². The lowest BCUT2D eigenvalue weighted by atomic mass is 9.92. The lowest BCUT2D eigenvalue weighted by Gasteiger charge is -2.21. The summed E-state index contributed by atoms with van der Waals surface area (Å²) in [5.41, 5.74) is 8.66. The van der Waals surface area contributed by atoms with Crippen LogP contribution in [0.3, 0.4) is 0 Å². The first-order valence-electron chi connectivity index (χ1n) is 8.15. The molecule has 0 spiro atoms. The van der Waals surface area contributed by atoms with Crippen molar-refractivity contribution >= 4 is 0 Å². The first-order valence-corrected chi connectivity index (χ1v) is 8.15. The van der Waals surface area contributed by atoms with E-state index in [2.05, 4.69) is 31.2 Å². The maximum Gasteiger partial charge on any atom is 0.0611 e. The third kappa shape index (κ3) is 4.07. The van der Waals surface area contributed by atoms with E-state index in [1.807, 2.05) is 0 Å². The summed E-state index contributed by atoms with van der Waals surface area (Å²) in [4.78, 5) is 0. The first kappa shape index (κ1) is 15.5. The Morgan fingerprint density at radius 3 is 2.55 bits per heavy atom. The van der Waals surface area contributed by atoms with Crippen molar-refractivity contribution < 1.29 is 5.11 Å². The van der Waals surface area contributed by atoms with Gasteiger partial charge in [-0.2, -0.15) is 0 Å². The molecule has 2 rings (SSSR count). The molecule has 2 heteroatoms. The van der Waals surface area contributed by atoms with E-state index in [0.29, 0.717) is 5.92 Å². The summed E-state index contributed by atoms with van der Waals surface area (Å²) in [6, 6.07) is 9.08. The molecule has 0 amide bonds. The van der Waals surface area contributed by atoms with Gasteiger partial charge in [-0.1, -0.05) is 50.5 Å². The average Bonchev–Trinajstić information content (AvgIpc) is 2.88. The quantitative estimate of drug-likeness (QED) is 0.744. The smallest absolute Gasteiger partial charge is 0.0611 e. The van der Waals surface area contributed by atoms with Gasteiger partial charge in [-0.05, 0) is 49.1 Å². The molecule has 20 heavy (non-hydrogen) atoms. The van der Waals surface area contributed by atoms with Crippen LogP contribution in [0.1, 0.15) is 68.9 Å². The highest BCUT2D eigenvalue weighted by atomic mass is 16.3. The Bertz CT molecular complexity index is 400. The molecule has 2 atom stereocenters. The summed E-state index contributed by atoms with van der Waals surface area (Å²) < 4.78 is 0. The number of aliphatic hydroxyl groups excluding tert-OH is 1. The number of aliphatic hydroxyl groups is 1. The molecule has 1 aliphatic carbocycles. The molecule has 0 saturated heterocycles. The van der Waals surface area contributed by atoms with E-state index in [1.165, 1.54) is 43.2 Å². The standard InChI is InChI=1S/C18H29NO/c1-2-3-4-5-6-15-7-9-16(10-8-15)17-11-12-18(19,13-17)14-20/h7-10,17,20H,2-6,11-14,19H2,1H3/t17-,18+/m1/s1. The van der Waals surface area contributed by atoms with E-state index in [9.17, 15) is 5.11 Å². The van der Waals surface area contributed by atoms with Crippen molar-refractivity contribution in [1.82, 2.24) is 0 Å². The van der Waals surface area contributed by atoms with Gasteiger partial charge in [0.1, 0.15) is 0 Å². The Morgan fingerprint density at radius 2 is 1.95 bits per heavy atom. The van der Waals surface area contributed by atoms with Gasteiger partial charge in [-0.25, -0.2) is 0 Å². The molecule has 0 radical (unpaired) electrons. The number of benzene rings is 1. The molecule has 1 aliphatic rings. The maximum atomic E-state index is 9.35. The van der Waals surface area contributed by atoms with Crippen LogP contribution in [-0.4, -0.2) is 17.3 Å². The number of nitrogens with two attached hydrogens (primary N) is 1. The summed E-state index contributed by atoms with van der Waals surface area (Å²) in [5.74, 6) is 0.529. The highest BCUT2D eigenvalue weighted by Crippen LogP contribution is 2.39. The van der Waals surface area contributed by atoms with Crippen LogP contribution in [0.5, 0.6) is 0 Å². The predicted molar refractivity (Wildman–Crippen MR) is 84.9 cm³/mol. The fourth-order valence-corrected chi connectivity index (χ4v) is 3.30. The van der Waals surface area contributed by atoms with Crippen LogP contribution >= 0.6 is 0 Å². The molecular formula is C18H29NO. The highest BCUT2D eigenvalue weighted by molar-refractivity contribution is 5.27. The van der Waals surface area contributed by atoms with Crippen LogP contribution in [0.25, 0.3) is 0 Å². The molecule has 0 aromatic heterocycles. The van der Waals surface area contributed by atoms with Crippen LogP contribution in [0.2, 0.25) is 0 Å². The second kappa shape index (κ2) is 7.24. The summed E-state index contributed by atoms with van der Waals surface area (Å²) in [5, 5.41) is 9.35. The second-order valence-corrected chi connectivity index (χ2v) is 6.51. The van der Waals surface area contributed by atoms with Gasteiger partial charge in [0.15, 0.2) is 0 Å². The topological polar surface area (TPSA) is 46.2 Å². The van der Waals surface area contributed by atoms with Gasteiger partial charge in [0.05, 0.1) is 6.61 Å². The van der Waals surface area contributed by atoms with Crippen molar-refractivity contribution in [3.63, 3.8) is 0 Å². The van der Waals surface area contributed by atoms with Crippen LogP contribution in [-0.2, 0) is 6.42 Å². The summed E-state index contributed by atoms with van der Waals surface area (Å²) in [6.07, 6.45) is 9.44. The molecule has 1 saturated carbocycles. The number of aryl methyl sites for hydroxylation is 1. The number of hydrogen-bond acceptors (Lipinski definition) is 2. The van der Waals surface area contributed by atoms with E-state index in [1.54, 1.807) is 0 Å². The van der Waals surface area contributed by atoms with Crippen molar-refractivity contribution in [3.8, 4) is 0 Å². The van der Waals surface area contributed by atoms with Gasteiger partial charge in [0.2, 0.25) is 0 Å². The third-order valence-corrected chi connectivity index (χ3v) is 4.73. The van der Waals surface area contributed by atoms with E-state index in [-0.39, 0.29) is 12.1 Å². The molecule has 0 bridgehead atoms.